The second kappa shape index (κ2) is 7.55. The molecular formula is C21H32N4O. The smallest absolute Gasteiger partial charge is 0.253 e. The van der Waals surface area contributed by atoms with Crippen LogP contribution in [0.2, 0.25) is 0 Å². The van der Waals surface area contributed by atoms with Gasteiger partial charge in [-0.1, -0.05) is 13.3 Å². The largest absolute Gasteiger partial charge is 0.357 e. The van der Waals surface area contributed by atoms with Gasteiger partial charge in [-0.2, -0.15) is 0 Å². The molecule has 4 rings (SSSR count). The van der Waals surface area contributed by atoms with E-state index in [-0.39, 0.29) is 5.91 Å². The lowest BCUT2D eigenvalue weighted by atomic mass is 9.67. The number of amides is 1. The SMILES string of the molecule is CC1CCN(c2ccc(C(=O)NC3C4CCCC3CC(N)C4)cn2)CC1. The maximum absolute atomic E-state index is 12.8. The second-order valence-electron chi connectivity index (χ2n) is 8.76. The molecule has 142 valence electrons. The van der Waals surface area contributed by atoms with Crippen molar-refractivity contribution in [3.8, 4) is 0 Å². The number of nitrogens with zero attached hydrogens (tertiary/aromatic N) is 2. The van der Waals surface area contributed by atoms with E-state index in [0.717, 1.165) is 37.7 Å². The van der Waals surface area contributed by atoms with E-state index in [1.165, 1.54) is 32.1 Å². The predicted molar refractivity (Wildman–Crippen MR) is 104 cm³/mol. The fraction of sp³-hybridized carbons (Fsp3) is 0.714. The zero-order valence-corrected chi connectivity index (χ0v) is 15.9. The minimum Gasteiger partial charge on any atom is -0.357 e. The Morgan fingerprint density at radius 2 is 1.85 bits per heavy atom. The molecule has 1 aromatic rings. The molecule has 1 aromatic heterocycles. The molecule has 3 aliphatic rings. The van der Waals surface area contributed by atoms with Gasteiger partial charge in [0, 0.05) is 31.4 Å². The van der Waals surface area contributed by atoms with E-state index >= 15 is 0 Å². The van der Waals surface area contributed by atoms with Crippen molar-refractivity contribution in [2.75, 3.05) is 18.0 Å². The predicted octanol–water partition coefficient (Wildman–Crippen LogP) is 2.95. The number of hydrogen-bond donors (Lipinski definition) is 2. The first-order chi connectivity index (χ1) is 12.6. The van der Waals surface area contributed by atoms with E-state index in [0.29, 0.717) is 29.5 Å². The van der Waals surface area contributed by atoms with Crippen molar-refractivity contribution in [3.63, 3.8) is 0 Å². The summed E-state index contributed by atoms with van der Waals surface area (Å²) in [5, 5.41) is 3.31. The van der Waals surface area contributed by atoms with E-state index in [9.17, 15) is 4.79 Å². The van der Waals surface area contributed by atoms with Crippen LogP contribution in [-0.4, -0.2) is 36.1 Å². The van der Waals surface area contributed by atoms with Crippen molar-refractivity contribution in [1.82, 2.24) is 10.3 Å². The van der Waals surface area contributed by atoms with Crippen molar-refractivity contribution in [1.29, 1.82) is 0 Å². The van der Waals surface area contributed by atoms with E-state index in [1.54, 1.807) is 6.20 Å². The zero-order valence-electron chi connectivity index (χ0n) is 15.9. The fourth-order valence-corrected chi connectivity index (χ4v) is 5.20. The van der Waals surface area contributed by atoms with Crippen LogP contribution < -0.4 is 16.0 Å². The Labute approximate surface area is 156 Å². The zero-order chi connectivity index (χ0) is 18.1. The molecule has 2 unspecified atom stereocenters. The minimum atomic E-state index is 0.0219. The average molecular weight is 357 g/mol. The Morgan fingerprint density at radius 1 is 1.15 bits per heavy atom. The first-order valence-electron chi connectivity index (χ1n) is 10.4. The number of anilines is 1. The van der Waals surface area contributed by atoms with Crippen LogP contribution in [0.3, 0.4) is 0 Å². The highest BCUT2D eigenvalue weighted by Gasteiger charge is 2.40. The third kappa shape index (κ3) is 3.73. The fourth-order valence-electron chi connectivity index (χ4n) is 5.20. The normalized spacial score (nSPS) is 32.3. The average Bonchev–Trinajstić information content (AvgIpc) is 2.63. The summed E-state index contributed by atoms with van der Waals surface area (Å²) in [5.74, 6) is 2.91. The topological polar surface area (TPSA) is 71.2 Å². The van der Waals surface area contributed by atoms with Crippen LogP contribution in [0.25, 0.3) is 0 Å². The molecule has 0 radical (unpaired) electrons. The molecule has 5 heteroatoms. The van der Waals surface area contributed by atoms with Crippen LogP contribution >= 0.6 is 0 Å². The highest BCUT2D eigenvalue weighted by molar-refractivity contribution is 5.94. The lowest BCUT2D eigenvalue weighted by Gasteiger charge is -2.45. The minimum absolute atomic E-state index is 0.0219. The third-order valence-corrected chi connectivity index (χ3v) is 6.79. The monoisotopic (exact) mass is 356 g/mol. The van der Waals surface area contributed by atoms with Crippen molar-refractivity contribution in [2.45, 2.75) is 64.0 Å². The molecule has 3 N–H and O–H groups in total. The molecule has 2 atom stereocenters. The van der Waals surface area contributed by atoms with Crippen LogP contribution in [0.5, 0.6) is 0 Å². The number of fused-ring (bicyclic) bond motifs is 2. The van der Waals surface area contributed by atoms with Crippen LogP contribution in [0.15, 0.2) is 18.3 Å². The molecular weight excluding hydrogens is 324 g/mol. The van der Waals surface area contributed by atoms with Crippen molar-refractivity contribution >= 4 is 11.7 Å². The van der Waals surface area contributed by atoms with Gasteiger partial charge in [0.2, 0.25) is 0 Å². The van der Waals surface area contributed by atoms with Gasteiger partial charge < -0.3 is 16.0 Å². The Balaban J connectivity index is 1.39. The van der Waals surface area contributed by atoms with Crippen LogP contribution in [0.4, 0.5) is 5.82 Å². The summed E-state index contributed by atoms with van der Waals surface area (Å²) in [6.45, 7) is 4.43. The highest BCUT2D eigenvalue weighted by atomic mass is 16.1. The van der Waals surface area contributed by atoms with Gasteiger partial charge in [-0.05, 0) is 68.4 Å². The van der Waals surface area contributed by atoms with Gasteiger partial charge in [0.05, 0.1) is 5.56 Å². The lowest BCUT2D eigenvalue weighted by Crippen LogP contribution is -2.53. The summed E-state index contributed by atoms with van der Waals surface area (Å²) in [4.78, 5) is 19.7. The van der Waals surface area contributed by atoms with Crippen molar-refractivity contribution in [3.05, 3.63) is 23.9 Å². The number of pyridine rings is 1. The van der Waals surface area contributed by atoms with Crippen LogP contribution in [-0.2, 0) is 0 Å². The molecule has 1 aliphatic heterocycles. The first-order valence-corrected chi connectivity index (χ1v) is 10.4. The molecule has 0 spiro atoms. The van der Waals surface area contributed by atoms with E-state index < -0.39 is 0 Å². The highest BCUT2D eigenvalue weighted by Crippen LogP contribution is 2.39. The molecule has 2 saturated carbocycles. The number of nitrogens with two attached hydrogens (primary N) is 1. The number of carbonyl (C=O) groups is 1. The van der Waals surface area contributed by atoms with Gasteiger partial charge in [0.15, 0.2) is 0 Å². The first kappa shape index (κ1) is 17.8. The number of rotatable bonds is 3. The Kier molecular flexibility index (Phi) is 5.16. The molecule has 2 heterocycles. The molecule has 26 heavy (non-hydrogen) atoms. The van der Waals surface area contributed by atoms with Gasteiger partial charge >= 0.3 is 0 Å². The number of nitrogens with one attached hydrogen (secondary N) is 1. The summed E-state index contributed by atoms with van der Waals surface area (Å²) in [6.07, 6.45) is 9.94. The summed E-state index contributed by atoms with van der Waals surface area (Å²) < 4.78 is 0. The lowest BCUT2D eigenvalue weighted by molar-refractivity contribution is 0.0755. The number of carbonyl (C=O) groups excluding carboxylic acids is 1. The van der Waals surface area contributed by atoms with Crippen LogP contribution in [0, 0.1) is 17.8 Å². The van der Waals surface area contributed by atoms with Crippen LogP contribution in [0.1, 0.15) is 62.2 Å². The summed E-state index contributed by atoms with van der Waals surface area (Å²) >= 11 is 0. The van der Waals surface area contributed by atoms with E-state index in [4.69, 9.17) is 5.73 Å². The molecule has 1 saturated heterocycles. The maximum atomic E-state index is 12.8. The van der Waals surface area contributed by atoms with Gasteiger partial charge in [-0.25, -0.2) is 4.98 Å². The molecule has 1 amide bonds. The molecule has 0 aromatic carbocycles. The molecule has 2 bridgehead atoms. The second-order valence-corrected chi connectivity index (χ2v) is 8.76. The van der Waals surface area contributed by atoms with Gasteiger partial charge in [0.25, 0.3) is 5.91 Å². The number of aromatic nitrogens is 1. The Bertz CT molecular complexity index is 609. The Morgan fingerprint density at radius 3 is 2.46 bits per heavy atom. The summed E-state index contributed by atoms with van der Waals surface area (Å²) in [5.41, 5.74) is 6.87. The quantitative estimate of drug-likeness (QED) is 0.873. The number of piperidine rings is 1. The summed E-state index contributed by atoms with van der Waals surface area (Å²) in [7, 11) is 0. The standard InChI is InChI=1S/C21H32N4O/c1-14-7-9-25(10-8-14)19-6-5-17(13-23-19)21(26)24-20-15-3-2-4-16(20)12-18(22)11-15/h5-6,13-16,18,20H,2-4,7-12,22H2,1H3,(H,24,26). The molecule has 5 nitrogen and oxygen atoms in total. The Hall–Kier alpha value is -1.62. The van der Waals surface area contributed by atoms with Gasteiger partial charge in [-0.3, -0.25) is 4.79 Å². The summed E-state index contributed by atoms with van der Waals surface area (Å²) in [6, 6.07) is 4.54. The maximum Gasteiger partial charge on any atom is 0.253 e. The van der Waals surface area contributed by atoms with E-state index in [1.807, 2.05) is 12.1 Å². The van der Waals surface area contributed by atoms with Crippen molar-refractivity contribution < 1.29 is 4.79 Å². The molecule has 3 fully saturated rings. The number of hydrogen-bond acceptors (Lipinski definition) is 4. The molecule has 2 aliphatic carbocycles. The van der Waals surface area contributed by atoms with Gasteiger partial charge in [0.1, 0.15) is 5.82 Å². The van der Waals surface area contributed by atoms with Crippen molar-refractivity contribution in [2.24, 2.45) is 23.5 Å². The van der Waals surface area contributed by atoms with E-state index in [2.05, 4.69) is 22.1 Å². The third-order valence-electron chi connectivity index (χ3n) is 6.79. The van der Waals surface area contributed by atoms with Gasteiger partial charge in [-0.15, -0.1) is 0 Å².